The van der Waals surface area contributed by atoms with Gasteiger partial charge in [-0.25, -0.2) is 19.6 Å². The predicted octanol–water partition coefficient (Wildman–Crippen LogP) is 8.69. The Morgan fingerprint density at radius 1 is 0.760 bits per heavy atom. The topological polar surface area (TPSA) is 106 Å². The zero-order valence-corrected chi connectivity index (χ0v) is 32.1. The molecular formula is C39H47N5O4S2. The first-order valence-corrected chi connectivity index (χ1v) is 17.9. The van der Waals surface area contributed by atoms with Crippen LogP contribution in [-0.2, 0) is 9.47 Å². The Kier molecular flexibility index (Phi) is 14.2. The lowest BCUT2D eigenvalue weighted by Crippen LogP contribution is -2.34. The molecule has 9 nitrogen and oxygen atoms in total. The van der Waals surface area contributed by atoms with E-state index in [1.54, 1.807) is 16.8 Å². The maximum Gasteiger partial charge on any atom is 0.408 e. The third kappa shape index (κ3) is 13.0. The van der Waals surface area contributed by atoms with Crippen LogP contribution < -0.4 is 10.6 Å². The molecule has 0 unspecified atom stereocenters. The predicted molar refractivity (Wildman–Crippen MR) is 204 cm³/mol. The Morgan fingerprint density at radius 2 is 1.16 bits per heavy atom. The van der Waals surface area contributed by atoms with Gasteiger partial charge in [-0.2, -0.15) is 0 Å². The number of benzene rings is 2. The molecule has 0 aliphatic carbocycles. The summed E-state index contributed by atoms with van der Waals surface area (Å²) in [7, 11) is 3.98. The first kappa shape index (κ1) is 39.8. The number of hydrogen-bond donors (Lipinski definition) is 2. The standard InChI is InChI=1S/C21H27N3O2S.C18H20N2O2S/c1-15(23-20(25)26-21(2,3)4)16-9-11-17(12-10-16)19-18(22-14-27-19)8-7-13-24(5)6;1-6-15-16(23-11-19-15)14-9-7-13(8-10-14)12(2)20-17(21)22-18(3,4)5/h9-12,14-15H,13H2,1-6H3,(H,23,25);1,7-12H,2-5H3,(H,20,21)/t15-;12-/m00/s1. The number of alkyl carbamates (subject to hydrolysis) is 2. The summed E-state index contributed by atoms with van der Waals surface area (Å²) in [6.45, 7) is 15.6. The Labute approximate surface area is 304 Å². The van der Waals surface area contributed by atoms with E-state index in [-0.39, 0.29) is 12.1 Å². The highest BCUT2D eigenvalue weighted by atomic mass is 32.1. The normalized spacial score (nSPS) is 12.3. The molecule has 2 aromatic carbocycles. The van der Waals surface area contributed by atoms with E-state index in [0.717, 1.165) is 37.7 Å². The average molecular weight is 714 g/mol. The van der Waals surface area contributed by atoms with Gasteiger partial charge in [0.05, 0.1) is 39.4 Å². The van der Waals surface area contributed by atoms with Crippen molar-refractivity contribution in [3.63, 3.8) is 0 Å². The van der Waals surface area contributed by atoms with Gasteiger partial charge < -0.3 is 20.1 Å². The molecule has 2 N–H and O–H groups in total. The van der Waals surface area contributed by atoms with Crippen LogP contribution in [0.1, 0.15) is 90.0 Å². The molecule has 50 heavy (non-hydrogen) atoms. The van der Waals surface area contributed by atoms with Crippen molar-refractivity contribution in [2.75, 3.05) is 20.6 Å². The summed E-state index contributed by atoms with van der Waals surface area (Å²) in [5, 5.41) is 5.69. The van der Waals surface area contributed by atoms with Crippen LogP contribution in [0.25, 0.3) is 20.9 Å². The lowest BCUT2D eigenvalue weighted by atomic mass is 10.0. The minimum atomic E-state index is -0.510. The number of rotatable bonds is 7. The van der Waals surface area contributed by atoms with Gasteiger partial charge >= 0.3 is 12.2 Å². The van der Waals surface area contributed by atoms with Gasteiger partial charge in [-0.05, 0) is 104 Å². The van der Waals surface area contributed by atoms with Gasteiger partial charge in [0.25, 0.3) is 0 Å². The van der Waals surface area contributed by atoms with Crippen LogP contribution in [0.15, 0.2) is 59.6 Å². The summed E-state index contributed by atoms with van der Waals surface area (Å²) >= 11 is 3.09. The minimum Gasteiger partial charge on any atom is -0.444 e. The molecule has 0 bridgehead atoms. The van der Waals surface area contributed by atoms with Crippen LogP contribution in [0.3, 0.4) is 0 Å². The Balaban J connectivity index is 0.000000274. The van der Waals surface area contributed by atoms with Crippen LogP contribution in [0.2, 0.25) is 0 Å². The fraction of sp³-hybridized carbons (Fsp3) is 0.385. The van der Waals surface area contributed by atoms with E-state index in [4.69, 9.17) is 15.9 Å². The summed E-state index contributed by atoms with van der Waals surface area (Å²) in [4.78, 5) is 36.3. The van der Waals surface area contributed by atoms with Crippen molar-refractivity contribution in [3.05, 3.63) is 82.1 Å². The summed E-state index contributed by atoms with van der Waals surface area (Å²) in [5.74, 6) is 8.85. The van der Waals surface area contributed by atoms with E-state index in [2.05, 4.69) is 38.4 Å². The molecular weight excluding hydrogens is 667 g/mol. The zero-order chi connectivity index (χ0) is 37.1. The van der Waals surface area contributed by atoms with Crippen LogP contribution in [-0.4, -0.2) is 58.9 Å². The molecule has 4 rings (SSSR count). The Bertz CT molecular complexity index is 1810. The largest absolute Gasteiger partial charge is 0.444 e. The fourth-order valence-electron chi connectivity index (χ4n) is 4.36. The van der Waals surface area contributed by atoms with Crippen LogP contribution in [0, 0.1) is 24.2 Å². The molecule has 11 heteroatoms. The van der Waals surface area contributed by atoms with Crippen LogP contribution in [0.4, 0.5) is 9.59 Å². The molecule has 2 heterocycles. The molecule has 0 radical (unpaired) electrons. The van der Waals surface area contributed by atoms with E-state index in [1.165, 1.54) is 11.3 Å². The maximum atomic E-state index is 11.9. The van der Waals surface area contributed by atoms with Gasteiger partial charge in [0.1, 0.15) is 22.6 Å². The van der Waals surface area contributed by atoms with Crippen molar-refractivity contribution in [2.24, 2.45) is 0 Å². The van der Waals surface area contributed by atoms with Crippen LogP contribution >= 0.6 is 22.7 Å². The molecule has 2 amide bonds. The lowest BCUT2D eigenvalue weighted by Gasteiger charge is -2.22. The SMILES string of the molecule is C#Cc1ncsc1-c1ccc([C@H](C)NC(=O)OC(C)(C)C)cc1.C[C@H](NC(=O)OC(C)(C)C)c1ccc(-c2scnc2C#CCN(C)C)cc1. The van der Waals surface area contributed by atoms with Crippen molar-refractivity contribution in [1.82, 2.24) is 25.5 Å². The number of carbonyl (C=O) groups is 2. The second-order valence-corrected chi connectivity index (χ2v) is 15.4. The van der Waals surface area contributed by atoms with Crippen molar-refractivity contribution in [2.45, 2.75) is 78.7 Å². The molecule has 0 fully saturated rings. The summed E-state index contributed by atoms with van der Waals surface area (Å²) in [6, 6.07) is 15.7. The van der Waals surface area contributed by atoms with Crippen molar-refractivity contribution in [1.29, 1.82) is 0 Å². The summed E-state index contributed by atoms with van der Waals surface area (Å²) in [5.41, 5.74) is 8.09. The quantitative estimate of drug-likeness (QED) is 0.185. The number of terminal acetylenes is 1. The number of ether oxygens (including phenoxy) is 2. The highest BCUT2D eigenvalue weighted by molar-refractivity contribution is 7.13. The molecule has 0 aliphatic rings. The third-order valence-corrected chi connectivity index (χ3v) is 8.44. The van der Waals surface area contributed by atoms with Gasteiger partial charge in [0, 0.05) is 0 Å². The van der Waals surface area contributed by atoms with Crippen LogP contribution in [0.5, 0.6) is 0 Å². The Morgan fingerprint density at radius 3 is 1.54 bits per heavy atom. The number of aromatic nitrogens is 2. The lowest BCUT2D eigenvalue weighted by molar-refractivity contribution is 0.0496. The van der Waals surface area contributed by atoms with E-state index in [9.17, 15) is 9.59 Å². The van der Waals surface area contributed by atoms with Gasteiger partial charge in [-0.3, -0.25) is 4.90 Å². The second kappa shape index (κ2) is 17.8. The highest BCUT2D eigenvalue weighted by Crippen LogP contribution is 2.30. The van der Waals surface area contributed by atoms with E-state index < -0.39 is 23.4 Å². The first-order valence-electron chi connectivity index (χ1n) is 16.1. The molecule has 0 saturated heterocycles. The van der Waals surface area contributed by atoms with Gasteiger partial charge in [-0.1, -0.05) is 54.5 Å². The molecule has 0 spiro atoms. The zero-order valence-electron chi connectivity index (χ0n) is 30.5. The molecule has 0 aliphatic heterocycles. The monoisotopic (exact) mass is 713 g/mol. The van der Waals surface area contributed by atoms with Gasteiger partial charge in [0.15, 0.2) is 0 Å². The molecule has 0 saturated carbocycles. The van der Waals surface area contributed by atoms with Crippen molar-refractivity contribution >= 4 is 34.9 Å². The summed E-state index contributed by atoms with van der Waals surface area (Å²) in [6.07, 6.45) is 4.61. The highest BCUT2D eigenvalue weighted by Gasteiger charge is 2.20. The minimum absolute atomic E-state index is 0.144. The number of hydrogen-bond acceptors (Lipinski definition) is 9. The van der Waals surface area contributed by atoms with E-state index in [1.807, 2.05) is 128 Å². The Hall–Kier alpha value is -4.68. The average Bonchev–Trinajstić information content (AvgIpc) is 3.69. The number of carbonyl (C=O) groups excluding carboxylic acids is 2. The fourth-order valence-corrected chi connectivity index (χ4v) is 5.87. The number of amides is 2. The number of thiazole rings is 2. The van der Waals surface area contributed by atoms with E-state index >= 15 is 0 Å². The van der Waals surface area contributed by atoms with E-state index in [0.29, 0.717) is 12.2 Å². The molecule has 2 aromatic heterocycles. The van der Waals surface area contributed by atoms with Crippen molar-refractivity contribution < 1.29 is 19.1 Å². The summed E-state index contributed by atoms with van der Waals surface area (Å²) < 4.78 is 10.6. The number of nitrogens with zero attached hydrogens (tertiary/aromatic N) is 3. The number of nitrogens with one attached hydrogen (secondary N) is 2. The second-order valence-electron chi connectivity index (χ2n) is 13.7. The molecule has 2 atom stereocenters. The molecule has 264 valence electrons. The van der Waals surface area contributed by atoms with Crippen molar-refractivity contribution in [3.8, 4) is 45.1 Å². The first-order chi connectivity index (χ1) is 23.5. The third-order valence-electron chi connectivity index (χ3n) is 6.69. The smallest absolute Gasteiger partial charge is 0.408 e. The van der Waals surface area contributed by atoms with Gasteiger partial charge in [-0.15, -0.1) is 29.1 Å². The van der Waals surface area contributed by atoms with Gasteiger partial charge in [0.2, 0.25) is 0 Å². The molecule has 4 aromatic rings. The maximum absolute atomic E-state index is 11.9.